The van der Waals surface area contributed by atoms with Crippen LogP contribution < -0.4 is 5.32 Å². The van der Waals surface area contributed by atoms with E-state index in [4.69, 9.17) is 9.97 Å². The summed E-state index contributed by atoms with van der Waals surface area (Å²) in [4.78, 5) is 9.47. The molecule has 2 N–H and O–H groups in total. The first-order chi connectivity index (χ1) is 12.4. The van der Waals surface area contributed by atoms with E-state index in [1.807, 2.05) is 54.6 Å². The summed E-state index contributed by atoms with van der Waals surface area (Å²) < 4.78 is 0. The number of hydrogen-bond acceptors (Lipinski definition) is 4. The molecule has 4 aromatic rings. The minimum Gasteiger partial charge on any atom is -0.323 e. The molecule has 2 heterocycles. The van der Waals surface area contributed by atoms with Gasteiger partial charge in [-0.25, -0.2) is 9.97 Å². The first-order valence-corrected chi connectivity index (χ1v) is 8.51. The van der Waals surface area contributed by atoms with E-state index in [-0.39, 0.29) is 0 Å². The van der Waals surface area contributed by atoms with Gasteiger partial charge in [0, 0.05) is 28.6 Å². The Kier molecular flexibility index (Phi) is 3.23. The second kappa shape index (κ2) is 5.70. The molecule has 2 aromatic heterocycles. The number of benzene rings is 2. The van der Waals surface area contributed by atoms with Gasteiger partial charge in [0.1, 0.15) is 5.82 Å². The van der Waals surface area contributed by atoms with Crippen LogP contribution in [0.1, 0.15) is 24.5 Å². The molecular weight excluding hydrogens is 310 g/mol. The molecule has 2 aromatic carbocycles. The maximum absolute atomic E-state index is 4.76. The van der Waals surface area contributed by atoms with Gasteiger partial charge >= 0.3 is 0 Å². The lowest BCUT2D eigenvalue weighted by Crippen LogP contribution is -1.99. The zero-order chi connectivity index (χ0) is 16.6. The highest BCUT2D eigenvalue weighted by atomic mass is 15.2. The van der Waals surface area contributed by atoms with Gasteiger partial charge in [-0.05, 0) is 25.0 Å². The van der Waals surface area contributed by atoms with Crippen molar-refractivity contribution in [3.63, 3.8) is 0 Å². The summed E-state index contributed by atoms with van der Waals surface area (Å²) >= 11 is 0. The minimum absolute atomic E-state index is 0.644. The maximum Gasteiger partial charge on any atom is 0.162 e. The van der Waals surface area contributed by atoms with E-state index in [2.05, 4.69) is 21.6 Å². The van der Waals surface area contributed by atoms with Crippen LogP contribution in [0.2, 0.25) is 0 Å². The van der Waals surface area contributed by atoms with Crippen molar-refractivity contribution in [3.8, 4) is 11.4 Å². The van der Waals surface area contributed by atoms with Gasteiger partial charge in [-0.3, -0.25) is 5.10 Å². The number of hydrogen-bond donors (Lipinski definition) is 2. The number of H-pyrrole nitrogens is 1. The highest BCUT2D eigenvalue weighted by molar-refractivity contribution is 5.91. The summed E-state index contributed by atoms with van der Waals surface area (Å²) in [6.07, 6.45) is 2.49. The molecule has 0 aliphatic heterocycles. The zero-order valence-electron chi connectivity index (χ0n) is 13.6. The van der Waals surface area contributed by atoms with Crippen molar-refractivity contribution in [2.75, 3.05) is 5.32 Å². The number of aromatic amines is 1. The van der Waals surface area contributed by atoms with Gasteiger partial charge in [0.25, 0.3) is 0 Å². The number of aromatic nitrogens is 4. The first kappa shape index (κ1) is 14.2. The molecule has 0 unspecified atom stereocenters. The van der Waals surface area contributed by atoms with Crippen molar-refractivity contribution in [1.82, 2.24) is 20.2 Å². The first-order valence-electron chi connectivity index (χ1n) is 8.51. The van der Waals surface area contributed by atoms with Crippen molar-refractivity contribution in [1.29, 1.82) is 0 Å². The fourth-order valence-electron chi connectivity index (χ4n) is 3.01. The second-order valence-corrected chi connectivity index (χ2v) is 6.39. The third-order valence-corrected chi connectivity index (χ3v) is 4.50. The number of anilines is 2. The number of fused-ring (bicyclic) bond motifs is 1. The van der Waals surface area contributed by atoms with Crippen LogP contribution >= 0.6 is 0 Å². The van der Waals surface area contributed by atoms with Gasteiger partial charge < -0.3 is 5.32 Å². The summed E-state index contributed by atoms with van der Waals surface area (Å²) in [7, 11) is 0. The van der Waals surface area contributed by atoms with Crippen molar-refractivity contribution >= 4 is 22.5 Å². The van der Waals surface area contributed by atoms with Crippen molar-refractivity contribution < 1.29 is 0 Å². The minimum atomic E-state index is 0.644. The Hall–Kier alpha value is -3.21. The summed E-state index contributed by atoms with van der Waals surface area (Å²) in [5, 5.41) is 11.9. The molecule has 0 saturated heterocycles. The van der Waals surface area contributed by atoms with Gasteiger partial charge in [0.05, 0.1) is 5.52 Å². The fraction of sp³-hybridized carbons (Fsp3) is 0.150. The molecule has 0 amide bonds. The van der Waals surface area contributed by atoms with Crippen LogP contribution in [0.5, 0.6) is 0 Å². The number of rotatable bonds is 4. The molecule has 1 aliphatic rings. The van der Waals surface area contributed by atoms with Crippen LogP contribution in [-0.4, -0.2) is 20.2 Å². The van der Waals surface area contributed by atoms with Crippen molar-refractivity contribution in [3.05, 3.63) is 66.4 Å². The Morgan fingerprint density at radius 3 is 2.56 bits per heavy atom. The predicted octanol–water partition coefficient (Wildman–Crippen LogP) is 4.64. The smallest absolute Gasteiger partial charge is 0.162 e. The van der Waals surface area contributed by atoms with E-state index in [1.165, 1.54) is 18.5 Å². The number of para-hydroxylation sites is 1. The molecule has 5 heteroatoms. The Morgan fingerprint density at radius 1 is 0.920 bits per heavy atom. The normalized spacial score (nSPS) is 13.9. The Morgan fingerprint density at radius 2 is 1.72 bits per heavy atom. The standard InChI is InChI=1S/C20H17N5/c1-2-6-14(7-3-1)19-21-16-9-5-4-8-15(16)20(23-19)22-18-12-17(24-25-18)13-10-11-13/h1-9,12-13H,10-11H2,(H2,21,22,23,24,25). The van der Waals surface area contributed by atoms with Gasteiger partial charge in [-0.15, -0.1) is 0 Å². The Labute approximate surface area is 145 Å². The van der Waals surface area contributed by atoms with Gasteiger partial charge in [0.2, 0.25) is 0 Å². The molecule has 1 saturated carbocycles. The third-order valence-electron chi connectivity index (χ3n) is 4.50. The number of nitrogens with zero attached hydrogens (tertiary/aromatic N) is 3. The summed E-state index contributed by atoms with van der Waals surface area (Å²) in [6.45, 7) is 0. The fourth-order valence-corrected chi connectivity index (χ4v) is 3.01. The molecule has 25 heavy (non-hydrogen) atoms. The average molecular weight is 327 g/mol. The summed E-state index contributed by atoms with van der Waals surface area (Å²) in [6, 6.07) is 20.1. The highest BCUT2D eigenvalue weighted by Crippen LogP contribution is 2.39. The maximum atomic E-state index is 4.76. The molecule has 0 atom stereocenters. The third kappa shape index (κ3) is 2.74. The van der Waals surface area contributed by atoms with Crippen molar-refractivity contribution in [2.45, 2.75) is 18.8 Å². The van der Waals surface area contributed by atoms with Crippen molar-refractivity contribution in [2.24, 2.45) is 0 Å². The Balaban J connectivity index is 1.59. The van der Waals surface area contributed by atoms with Gasteiger partial charge in [0.15, 0.2) is 11.6 Å². The monoisotopic (exact) mass is 327 g/mol. The summed E-state index contributed by atoms with van der Waals surface area (Å²) in [5.41, 5.74) is 3.11. The van der Waals surface area contributed by atoms with Crippen LogP contribution in [0, 0.1) is 0 Å². The molecule has 122 valence electrons. The van der Waals surface area contributed by atoms with E-state index in [0.717, 1.165) is 28.1 Å². The predicted molar refractivity (Wildman–Crippen MR) is 98.8 cm³/mol. The summed E-state index contributed by atoms with van der Waals surface area (Å²) in [5.74, 6) is 2.92. The Bertz CT molecular complexity index is 1030. The van der Waals surface area contributed by atoms with Crippen LogP contribution in [0.3, 0.4) is 0 Å². The van der Waals surface area contributed by atoms with E-state index in [0.29, 0.717) is 11.7 Å². The lowest BCUT2D eigenvalue weighted by atomic mass is 10.2. The lowest BCUT2D eigenvalue weighted by molar-refractivity contribution is 0.966. The van der Waals surface area contributed by atoms with E-state index < -0.39 is 0 Å². The SMILES string of the molecule is c1ccc(-c2nc(Nc3cc(C4CC4)[nH]n3)c3ccccc3n2)cc1. The number of nitrogens with one attached hydrogen (secondary N) is 2. The van der Waals surface area contributed by atoms with Gasteiger partial charge in [-0.1, -0.05) is 42.5 Å². The molecule has 1 fully saturated rings. The topological polar surface area (TPSA) is 66.5 Å². The molecule has 5 nitrogen and oxygen atoms in total. The molecule has 0 spiro atoms. The zero-order valence-corrected chi connectivity index (χ0v) is 13.6. The average Bonchev–Trinajstić information content (AvgIpc) is 3.42. The van der Waals surface area contributed by atoms with Gasteiger partial charge in [-0.2, -0.15) is 5.10 Å². The van der Waals surface area contributed by atoms with Crippen LogP contribution in [0.25, 0.3) is 22.3 Å². The van der Waals surface area contributed by atoms with E-state index in [9.17, 15) is 0 Å². The highest BCUT2D eigenvalue weighted by Gasteiger charge is 2.25. The van der Waals surface area contributed by atoms with Crippen LogP contribution in [-0.2, 0) is 0 Å². The lowest BCUT2D eigenvalue weighted by Gasteiger charge is -2.09. The van der Waals surface area contributed by atoms with Crippen LogP contribution in [0.15, 0.2) is 60.7 Å². The van der Waals surface area contributed by atoms with E-state index in [1.54, 1.807) is 0 Å². The molecular formula is C20H17N5. The largest absolute Gasteiger partial charge is 0.323 e. The molecule has 0 bridgehead atoms. The molecule has 1 aliphatic carbocycles. The second-order valence-electron chi connectivity index (χ2n) is 6.39. The quantitative estimate of drug-likeness (QED) is 0.573. The molecule has 5 rings (SSSR count). The van der Waals surface area contributed by atoms with Crippen LogP contribution in [0.4, 0.5) is 11.6 Å². The molecule has 0 radical (unpaired) electrons. The van der Waals surface area contributed by atoms with E-state index >= 15 is 0 Å².